The Bertz CT molecular complexity index is 744. The summed E-state index contributed by atoms with van der Waals surface area (Å²) in [4.78, 5) is 15.0. The molecule has 0 saturated carbocycles. The van der Waals surface area contributed by atoms with Crippen LogP contribution in [0.15, 0.2) is 29.5 Å². The third-order valence-electron chi connectivity index (χ3n) is 4.54. The molecular formula is C18H23N3O4S. The Morgan fingerprint density at radius 2 is 2.00 bits per heavy atom. The molecule has 2 heterocycles. The zero-order valence-electron chi connectivity index (χ0n) is 15.1. The van der Waals surface area contributed by atoms with Crippen molar-refractivity contribution in [2.75, 3.05) is 40.5 Å². The molecule has 1 amide bonds. The van der Waals surface area contributed by atoms with E-state index in [0.29, 0.717) is 48.5 Å². The predicted octanol–water partition coefficient (Wildman–Crippen LogP) is 1.36. The number of ether oxygens (including phenoxy) is 3. The zero-order valence-corrected chi connectivity index (χ0v) is 15.9. The summed E-state index contributed by atoms with van der Waals surface area (Å²) >= 11 is 5.32. The normalized spacial score (nSPS) is 20.3. The summed E-state index contributed by atoms with van der Waals surface area (Å²) < 4.78 is 16.3. The highest BCUT2D eigenvalue weighted by molar-refractivity contribution is 7.80. The lowest BCUT2D eigenvalue weighted by Gasteiger charge is -2.35. The standard InChI is InChI=1S/C18H23N3O4S/c1-11-14(17(22)21-7-9-25-10-8-21)15(20-18(26)19-11)12-5-4-6-13(23-2)16(12)24-3/h4-6,15H,7-10H2,1-3H3,(H2,19,20,26). The first kappa shape index (κ1) is 18.5. The van der Waals surface area contributed by atoms with Crippen molar-refractivity contribution in [1.29, 1.82) is 0 Å². The van der Waals surface area contributed by atoms with Crippen LogP contribution in [-0.4, -0.2) is 56.4 Å². The van der Waals surface area contributed by atoms with Gasteiger partial charge in [-0.05, 0) is 25.2 Å². The fourth-order valence-electron chi connectivity index (χ4n) is 3.29. The van der Waals surface area contributed by atoms with Crippen LogP contribution in [0.5, 0.6) is 11.5 Å². The van der Waals surface area contributed by atoms with E-state index in [2.05, 4.69) is 10.6 Å². The average molecular weight is 377 g/mol. The van der Waals surface area contributed by atoms with E-state index in [1.165, 1.54) is 0 Å². The van der Waals surface area contributed by atoms with Crippen molar-refractivity contribution < 1.29 is 19.0 Å². The van der Waals surface area contributed by atoms with Gasteiger partial charge >= 0.3 is 0 Å². The van der Waals surface area contributed by atoms with Gasteiger partial charge in [-0.3, -0.25) is 4.79 Å². The fraction of sp³-hybridized carbons (Fsp3) is 0.444. The molecule has 2 aliphatic rings. The number of thiocarbonyl (C=S) groups is 1. The molecule has 1 aromatic rings. The molecule has 1 atom stereocenters. The molecule has 0 spiro atoms. The summed E-state index contributed by atoms with van der Waals surface area (Å²) in [6.07, 6.45) is 0. The maximum absolute atomic E-state index is 13.2. The number of nitrogens with one attached hydrogen (secondary N) is 2. The molecule has 3 rings (SSSR count). The number of hydrogen-bond acceptors (Lipinski definition) is 5. The van der Waals surface area contributed by atoms with Gasteiger partial charge in [0.1, 0.15) is 0 Å². The topological polar surface area (TPSA) is 72.1 Å². The monoisotopic (exact) mass is 377 g/mol. The highest BCUT2D eigenvalue weighted by Gasteiger charge is 2.35. The van der Waals surface area contributed by atoms with E-state index in [-0.39, 0.29) is 5.91 Å². The lowest BCUT2D eigenvalue weighted by molar-refractivity contribution is -0.131. The van der Waals surface area contributed by atoms with Crippen LogP contribution in [0.25, 0.3) is 0 Å². The number of rotatable bonds is 4. The van der Waals surface area contributed by atoms with Gasteiger partial charge in [-0.15, -0.1) is 0 Å². The number of carbonyl (C=O) groups excluding carboxylic acids is 1. The number of nitrogens with zero attached hydrogens (tertiary/aromatic N) is 1. The first-order valence-corrected chi connectivity index (χ1v) is 8.83. The third kappa shape index (κ3) is 3.47. The van der Waals surface area contributed by atoms with Gasteiger partial charge in [-0.1, -0.05) is 12.1 Å². The minimum Gasteiger partial charge on any atom is -0.493 e. The smallest absolute Gasteiger partial charge is 0.254 e. The number of hydrogen-bond donors (Lipinski definition) is 2. The van der Waals surface area contributed by atoms with E-state index in [1.54, 1.807) is 19.1 Å². The van der Waals surface area contributed by atoms with Crippen molar-refractivity contribution >= 4 is 23.2 Å². The number of morpholine rings is 1. The lowest BCUT2D eigenvalue weighted by Crippen LogP contribution is -2.49. The van der Waals surface area contributed by atoms with E-state index >= 15 is 0 Å². The molecular weight excluding hydrogens is 354 g/mol. The first-order chi connectivity index (χ1) is 12.6. The van der Waals surface area contributed by atoms with Crippen LogP contribution in [0.2, 0.25) is 0 Å². The van der Waals surface area contributed by atoms with Crippen LogP contribution in [0.4, 0.5) is 0 Å². The molecule has 1 saturated heterocycles. The Kier molecular flexibility index (Phi) is 5.63. The Morgan fingerprint density at radius 1 is 1.27 bits per heavy atom. The first-order valence-electron chi connectivity index (χ1n) is 8.43. The highest BCUT2D eigenvalue weighted by Crippen LogP contribution is 2.39. The van der Waals surface area contributed by atoms with Crippen molar-refractivity contribution in [2.45, 2.75) is 13.0 Å². The molecule has 140 valence electrons. The number of para-hydroxylation sites is 1. The van der Waals surface area contributed by atoms with Gasteiger partial charge < -0.3 is 29.7 Å². The average Bonchev–Trinajstić information content (AvgIpc) is 2.66. The van der Waals surface area contributed by atoms with Crippen molar-refractivity contribution in [2.24, 2.45) is 0 Å². The zero-order chi connectivity index (χ0) is 18.7. The maximum atomic E-state index is 13.2. The van der Waals surface area contributed by atoms with E-state index in [0.717, 1.165) is 11.3 Å². The Labute approximate surface area is 158 Å². The quantitative estimate of drug-likeness (QED) is 0.768. The summed E-state index contributed by atoms with van der Waals surface area (Å²) in [5.41, 5.74) is 2.15. The van der Waals surface area contributed by atoms with Gasteiger partial charge in [0.05, 0.1) is 39.0 Å². The van der Waals surface area contributed by atoms with E-state index in [4.69, 9.17) is 26.4 Å². The Morgan fingerprint density at radius 3 is 2.65 bits per heavy atom. The number of carbonyl (C=O) groups is 1. The van der Waals surface area contributed by atoms with Gasteiger partial charge in [0, 0.05) is 24.4 Å². The molecule has 2 N–H and O–H groups in total. The molecule has 2 aliphatic heterocycles. The van der Waals surface area contributed by atoms with Crippen molar-refractivity contribution in [3.63, 3.8) is 0 Å². The highest BCUT2D eigenvalue weighted by atomic mass is 32.1. The largest absolute Gasteiger partial charge is 0.493 e. The van der Waals surface area contributed by atoms with E-state index < -0.39 is 6.04 Å². The van der Waals surface area contributed by atoms with Crippen LogP contribution >= 0.6 is 12.2 Å². The molecule has 1 fully saturated rings. The van der Waals surface area contributed by atoms with Crippen molar-refractivity contribution in [1.82, 2.24) is 15.5 Å². The van der Waals surface area contributed by atoms with Crippen LogP contribution in [-0.2, 0) is 9.53 Å². The van der Waals surface area contributed by atoms with Crippen molar-refractivity contribution in [3.05, 3.63) is 35.0 Å². The predicted molar refractivity (Wildman–Crippen MR) is 101 cm³/mol. The minimum atomic E-state index is -0.427. The minimum absolute atomic E-state index is 0.0387. The van der Waals surface area contributed by atoms with Gasteiger partial charge in [0.15, 0.2) is 16.6 Å². The number of allylic oxidation sites excluding steroid dienone is 1. The second-order valence-corrected chi connectivity index (χ2v) is 6.47. The van der Waals surface area contributed by atoms with Gasteiger partial charge in [-0.2, -0.15) is 0 Å². The summed E-state index contributed by atoms with van der Waals surface area (Å²) in [6, 6.07) is 5.17. The molecule has 26 heavy (non-hydrogen) atoms. The SMILES string of the molecule is COc1cccc(C2NC(=S)NC(C)=C2C(=O)N2CCOCC2)c1OC. The second-order valence-electron chi connectivity index (χ2n) is 6.06. The molecule has 7 nitrogen and oxygen atoms in total. The van der Waals surface area contributed by atoms with Crippen LogP contribution in [0.1, 0.15) is 18.5 Å². The molecule has 0 radical (unpaired) electrons. The Balaban J connectivity index is 2.05. The number of amides is 1. The summed E-state index contributed by atoms with van der Waals surface area (Å²) in [5, 5.41) is 6.74. The van der Waals surface area contributed by atoms with Gasteiger partial charge in [-0.25, -0.2) is 0 Å². The van der Waals surface area contributed by atoms with Crippen LogP contribution < -0.4 is 20.1 Å². The summed E-state index contributed by atoms with van der Waals surface area (Å²) in [6.45, 7) is 4.10. The summed E-state index contributed by atoms with van der Waals surface area (Å²) in [7, 11) is 3.17. The molecule has 8 heteroatoms. The molecule has 0 bridgehead atoms. The molecule has 1 unspecified atom stereocenters. The van der Waals surface area contributed by atoms with Gasteiger partial charge in [0.25, 0.3) is 5.91 Å². The molecule has 0 aromatic heterocycles. The van der Waals surface area contributed by atoms with E-state index in [1.807, 2.05) is 25.1 Å². The second kappa shape index (κ2) is 7.92. The van der Waals surface area contributed by atoms with Crippen LogP contribution in [0, 0.1) is 0 Å². The lowest BCUT2D eigenvalue weighted by atomic mass is 9.93. The fourth-order valence-corrected chi connectivity index (χ4v) is 3.56. The maximum Gasteiger partial charge on any atom is 0.254 e. The summed E-state index contributed by atoms with van der Waals surface area (Å²) in [5.74, 6) is 1.15. The molecule has 1 aromatic carbocycles. The van der Waals surface area contributed by atoms with Crippen LogP contribution in [0.3, 0.4) is 0 Å². The van der Waals surface area contributed by atoms with Crippen molar-refractivity contribution in [3.8, 4) is 11.5 Å². The third-order valence-corrected chi connectivity index (χ3v) is 4.76. The van der Waals surface area contributed by atoms with Gasteiger partial charge in [0.2, 0.25) is 0 Å². The van der Waals surface area contributed by atoms with E-state index in [9.17, 15) is 4.79 Å². The Hall–Kier alpha value is -2.32. The number of methoxy groups -OCH3 is 2. The number of benzene rings is 1. The molecule has 0 aliphatic carbocycles.